The fourth-order valence-corrected chi connectivity index (χ4v) is 3.95. The largest absolute Gasteiger partial charge is 0.468 e. The lowest BCUT2D eigenvalue weighted by atomic mass is 9.93. The van der Waals surface area contributed by atoms with Crippen molar-refractivity contribution in [2.75, 3.05) is 40.3 Å². The number of urea groups is 1. The van der Waals surface area contributed by atoms with E-state index in [-0.39, 0.29) is 24.5 Å². The summed E-state index contributed by atoms with van der Waals surface area (Å²) in [4.78, 5) is 30.7. The van der Waals surface area contributed by atoms with Crippen LogP contribution in [0.25, 0.3) is 0 Å². The van der Waals surface area contributed by atoms with Crippen molar-refractivity contribution in [3.8, 4) is 0 Å². The molecule has 144 valence electrons. The van der Waals surface area contributed by atoms with Gasteiger partial charge in [0.2, 0.25) is 5.91 Å². The molecule has 26 heavy (non-hydrogen) atoms. The van der Waals surface area contributed by atoms with Crippen molar-refractivity contribution in [3.63, 3.8) is 0 Å². The lowest BCUT2D eigenvalue weighted by Gasteiger charge is -2.40. The first-order valence-corrected chi connectivity index (χ1v) is 9.58. The molecule has 0 aromatic carbocycles. The Morgan fingerprint density at radius 1 is 1.31 bits per heavy atom. The number of carbonyl (C=O) groups excluding carboxylic acids is 2. The monoisotopic (exact) mass is 362 g/mol. The van der Waals surface area contributed by atoms with Crippen molar-refractivity contribution in [2.45, 2.75) is 44.2 Å². The van der Waals surface area contributed by atoms with Crippen LogP contribution in [0.3, 0.4) is 0 Å². The first-order valence-electron chi connectivity index (χ1n) is 9.58. The normalized spacial score (nSPS) is 20.5. The van der Waals surface area contributed by atoms with Crippen LogP contribution >= 0.6 is 0 Å². The van der Waals surface area contributed by atoms with E-state index in [0.717, 1.165) is 18.6 Å². The average Bonchev–Trinajstić information content (AvgIpc) is 3.16. The van der Waals surface area contributed by atoms with E-state index >= 15 is 0 Å². The average molecular weight is 362 g/mol. The highest BCUT2D eigenvalue weighted by Gasteiger charge is 2.32. The summed E-state index contributed by atoms with van der Waals surface area (Å²) in [6.45, 7) is 1.86. The number of likely N-dealkylation sites (N-methyl/N-ethyl adjacent to an activating group) is 1. The van der Waals surface area contributed by atoms with Crippen molar-refractivity contribution < 1.29 is 14.0 Å². The number of hydrogen-bond donors (Lipinski definition) is 1. The van der Waals surface area contributed by atoms with Gasteiger partial charge in [-0.05, 0) is 39.1 Å². The van der Waals surface area contributed by atoms with Crippen molar-refractivity contribution >= 4 is 11.9 Å². The van der Waals surface area contributed by atoms with Gasteiger partial charge >= 0.3 is 6.03 Å². The molecule has 1 aliphatic heterocycles. The summed E-state index contributed by atoms with van der Waals surface area (Å²) in [7, 11) is 3.90. The van der Waals surface area contributed by atoms with Gasteiger partial charge in [-0.15, -0.1) is 0 Å². The van der Waals surface area contributed by atoms with Gasteiger partial charge in [-0.2, -0.15) is 0 Å². The molecule has 3 amide bonds. The molecule has 1 saturated carbocycles. The van der Waals surface area contributed by atoms with Crippen molar-refractivity contribution in [1.82, 2.24) is 20.0 Å². The Morgan fingerprint density at radius 2 is 2.08 bits per heavy atom. The number of furan rings is 1. The summed E-state index contributed by atoms with van der Waals surface area (Å²) < 4.78 is 5.47. The van der Waals surface area contributed by atoms with Crippen LogP contribution in [0.2, 0.25) is 0 Å². The maximum absolute atomic E-state index is 12.5. The molecular weight excluding hydrogens is 332 g/mol. The molecule has 1 N–H and O–H groups in total. The zero-order valence-corrected chi connectivity index (χ0v) is 15.8. The molecule has 0 unspecified atom stereocenters. The molecule has 1 aromatic heterocycles. The van der Waals surface area contributed by atoms with E-state index in [4.69, 9.17) is 4.42 Å². The molecule has 0 bridgehead atoms. The minimum atomic E-state index is -0.181. The zero-order valence-electron chi connectivity index (χ0n) is 15.8. The standard InChI is InChI=1S/C19H30N4O3/c1-21(2)16(17-9-6-12-26-17)13-20-19(25)22-10-11-23(18(24)14-22)15-7-4-3-5-8-15/h6,9,12,15-16H,3-5,7-8,10-11,13-14H2,1-2H3,(H,20,25)/t16-/m1/s1. The van der Waals surface area contributed by atoms with Crippen molar-refractivity contribution in [3.05, 3.63) is 24.2 Å². The summed E-state index contributed by atoms with van der Waals surface area (Å²) in [5, 5.41) is 2.95. The van der Waals surface area contributed by atoms with E-state index in [1.165, 1.54) is 19.3 Å². The molecule has 2 fully saturated rings. The lowest BCUT2D eigenvalue weighted by Crippen LogP contribution is -2.57. The van der Waals surface area contributed by atoms with Crippen molar-refractivity contribution in [2.24, 2.45) is 0 Å². The number of hydrogen-bond acceptors (Lipinski definition) is 4. The summed E-state index contributed by atoms with van der Waals surface area (Å²) in [6.07, 6.45) is 7.53. The van der Waals surface area contributed by atoms with E-state index < -0.39 is 0 Å². The molecule has 3 rings (SSSR count). The Kier molecular flexibility index (Phi) is 6.19. The highest BCUT2D eigenvalue weighted by atomic mass is 16.3. The van der Waals surface area contributed by atoms with E-state index in [2.05, 4.69) is 5.32 Å². The maximum Gasteiger partial charge on any atom is 0.317 e. The Balaban J connectivity index is 1.50. The van der Waals surface area contributed by atoms with Crippen LogP contribution < -0.4 is 5.32 Å². The van der Waals surface area contributed by atoms with Gasteiger partial charge in [0, 0.05) is 25.7 Å². The van der Waals surface area contributed by atoms with Crippen LogP contribution in [-0.4, -0.2) is 73.0 Å². The van der Waals surface area contributed by atoms with Gasteiger partial charge in [-0.25, -0.2) is 4.79 Å². The first-order chi connectivity index (χ1) is 12.6. The third kappa shape index (κ3) is 4.38. The summed E-state index contributed by atoms with van der Waals surface area (Å²) in [5.41, 5.74) is 0. The number of rotatable bonds is 5. The maximum atomic E-state index is 12.5. The van der Waals surface area contributed by atoms with E-state index in [9.17, 15) is 9.59 Å². The Bertz CT molecular complexity index is 596. The number of carbonyl (C=O) groups is 2. The molecule has 2 aliphatic rings. The topological polar surface area (TPSA) is 69.0 Å². The third-order valence-electron chi connectivity index (χ3n) is 5.50. The smallest absolute Gasteiger partial charge is 0.317 e. The quantitative estimate of drug-likeness (QED) is 0.871. The van der Waals surface area contributed by atoms with Gasteiger partial charge in [0.15, 0.2) is 0 Å². The van der Waals surface area contributed by atoms with Gasteiger partial charge in [0.25, 0.3) is 0 Å². The van der Waals surface area contributed by atoms with Crippen LogP contribution in [0.5, 0.6) is 0 Å². The van der Waals surface area contributed by atoms with Gasteiger partial charge in [-0.3, -0.25) is 9.69 Å². The molecule has 7 heteroatoms. The van der Waals surface area contributed by atoms with Crippen LogP contribution in [0, 0.1) is 0 Å². The van der Waals surface area contributed by atoms with E-state index in [1.54, 1.807) is 11.2 Å². The fraction of sp³-hybridized carbons (Fsp3) is 0.684. The van der Waals surface area contributed by atoms with Gasteiger partial charge in [0.05, 0.1) is 12.3 Å². The number of amides is 3. The second-order valence-electron chi connectivity index (χ2n) is 7.48. The minimum absolute atomic E-state index is 0.0341. The molecule has 0 radical (unpaired) electrons. The van der Waals surface area contributed by atoms with Crippen molar-refractivity contribution in [1.29, 1.82) is 0 Å². The SMILES string of the molecule is CN(C)[C@H](CNC(=O)N1CCN(C2CCCCC2)C(=O)C1)c1ccco1. The minimum Gasteiger partial charge on any atom is -0.468 e. The van der Waals surface area contributed by atoms with Gasteiger partial charge in [-0.1, -0.05) is 19.3 Å². The molecular formula is C19H30N4O3. The number of piperazine rings is 1. The second kappa shape index (κ2) is 8.58. The highest BCUT2D eigenvalue weighted by molar-refractivity contribution is 5.85. The van der Waals surface area contributed by atoms with Crippen LogP contribution in [0.15, 0.2) is 22.8 Å². The Morgan fingerprint density at radius 3 is 2.69 bits per heavy atom. The summed E-state index contributed by atoms with van der Waals surface area (Å²) in [5.74, 6) is 0.891. The molecule has 1 saturated heterocycles. The molecule has 1 atom stereocenters. The van der Waals surface area contributed by atoms with Crippen LogP contribution in [-0.2, 0) is 4.79 Å². The molecule has 1 aromatic rings. The highest BCUT2D eigenvalue weighted by Crippen LogP contribution is 2.24. The number of nitrogens with zero attached hydrogens (tertiary/aromatic N) is 3. The number of nitrogens with one attached hydrogen (secondary N) is 1. The van der Waals surface area contributed by atoms with E-state index in [1.807, 2.05) is 36.0 Å². The predicted octanol–water partition coefficient (Wildman–Crippen LogP) is 2.07. The van der Waals surface area contributed by atoms with Gasteiger partial charge < -0.3 is 19.5 Å². The summed E-state index contributed by atoms with van der Waals surface area (Å²) in [6, 6.07) is 3.91. The Labute approximate surface area is 155 Å². The summed E-state index contributed by atoms with van der Waals surface area (Å²) >= 11 is 0. The second-order valence-corrected chi connectivity index (χ2v) is 7.48. The molecule has 2 heterocycles. The fourth-order valence-electron chi connectivity index (χ4n) is 3.95. The first kappa shape index (κ1) is 18.8. The van der Waals surface area contributed by atoms with Crippen LogP contribution in [0.4, 0.5) is 4.79 Å². The Hall–Kier alpha value is -2.02. The molecule has 7 nitrogen and oxygen atoms in total. The van der Waals surface area contributed by atoms with Gasteiger partial charge in [0.1, 0.15) is 12.3 Å². The van der Waals surface area contributed by atoms with Crippen LogP contribution in [0.1, 0.15) is 43.9 Å². The third-order valence-corrected chi connectivity index (χ3v) is 5.50. The zero-order chi connectivity index (χ0) is 18.5. The lowest BCUT2D eigenvalue weighted by molar-refractivity contribution is -0.138. The molecule has 1 aliphatic carbocycles. The molecule has 0 spiro atoms. The van der Waals surface area contributed by atoms with E-state index in [0.29, 0.717) is 25.7 Å². The predicted molar refractivity (Wildman–Crippen MR) is 98.7 cm³/mol.